The van der Waals surface area contributed by atoms with E-state index in [4.69, 9.17) is 10.5 Å². The molecule has 0 aliphatic carbocycles. The molecule has 16 heavy (non-hydrogen) atoms. The van der Waals surface area contributed by atoms with Gasteiger partial charge in [0.2, 0.25) is 0 Å². The zero-order chi connectivity index (χ0) is 12.0. The molecule has 0 unspecified atom stereocenters. The second-order valence-corrected chi connectivity index (χ2v) is 3.77. The number of carbonyl (C=O) groups excluding carboxylic acids is 2. The molecule has 0 bridgehead atoms. The summed E-state index contributed by atoms with van der Waals surface area (Å²) in [5, 5.41) is 2.47. The SMILES string of the molecule is COC1CCN(C(=O)C(=O)NCCN)CC1. The quantitative estimate of drug-likeness (QED) is 0.589. The van der Waals surface area contributed by atoms with Crippen molar-refractivity contribution in [2.24, 2.45) is 5.73 Å². The molecule has 0 spiro atoms. The number of carbonyl (C=O) groups is 2. The summed E-state index contributed by atoms with van der Waals surface area (Å²) >= 11 is 0. The van der Waals surface area contributed by atoms with Crippen LogP contribution in [0.4, 0.5) is 0 Å². The predicted molar refractivity (Wildman–Crippen MR) is 58.7 cm³/mol. The smallest absolute Gasteiger partial charge is 0.311 e. The van der Waals surface area contributed by atoms with Crippen LogP contribution >= 0.6 is 0 Å². The highest BCUT2D eigenvalue weighted by atomic mass is 16.5. The maximum absolute atomic E-state index is 11.6. The van der Waals surface area contributed by atoms with Crippen molar-refractivity contribution >= 4 is 11.8 Å². The van der Waals surface area contributed by atoms with E-state index in [1.54, 1.807) is 12.0 Å². The second kappa shape index (κ2) is 6.44. The Bertz CT molecular complexity index is 250. The Balaban J connectivity index is 2.35. The first-order chi connectivity index (χ1) is 7.69. The molecule has 0 atom stereocenters. The Morgan fingerprint density at radius 2 is 2.06 bits per heavy atom. The molecular weight excluding hydrogens is 210 g/mol. The van der Waals surface area contributed by atoms with Gasteiger partial charge in [0.1, 0.15) is 0 Å². The molecular formula is C10H19N3O3. The van der Waals surface area contributed by atoms with Gasteiger partial charge in [-0.25, -0.2) is 0 Å². The Labute approximate surface area is 95.1 Å². The van der Waals surface area contributed by atoms with Crippen LogP contribution in [0.5, 0.6) is 0 Å². The van der Waals surface area contributed by atoms with Gasteiger partial charge in [-0.3, -0.25) is 9.59 Å². The molecule has 1 fully saturated rings. The zero-order valence-electron chi connectivity index (χ0n) is 9.57. The molecule has 1 saturated heterocycles. The highest BCUT2D eigenvalue weighted by molar-refractivity contribution is 6.35. The van der Waals surface area contributed by atoms with Crippen molar-refractivity contribution in [3.63, 3.8) is 0 Å². The summed E-state index contributed by atoms with van der Waals surface area (Å²) in [6, 6.07) is 0. The number of hydrogen-bond donors (Lipinski definition) is 2. The van der Waals surface area contributed by atoms with Crippen LogP contribution in [0, 0.1) is 0 Å². The van der Waals surface area contributed by atoms with Crippen molar-refractivity contribution in [2.45, 2.75) is 18.9 Å². The summed E-state index contributed by atoms with van der Waals surface area (Å²) in [5.41, 5.74) is 5.24. The van der Waals surface area contributed by atoms with E-state index in [0.717, 1.165) is 12.8 Å². The molecule has 1 heterocycles. The van der Waals surface area contributed by atoms with Gasteiger partial charge in [0.05, 0.1) is 6.10 Å². The topological polar surface area (TPSA) is 84.7 Å². The van der Waals surface area contributed by atoms with Crippen molar-refractivity contribution in [1.82, 2.24) is 10.2 Å². The van der Waals surface area contributed by atoms with Crippen LogP contribution in [0.15, 0.2) is 0 Å². The van der Waals surface area contributed by atoms with Gasteiger partial charge in [-0.15, -0.1) is 0 Å². The lowest BCUT2D eigenvalue weighted by molar-refractivity contribution is -0.147. The lowest BCUT2D eigenvalue weighted by Crippen LogP contribution is -2.48. The zero-order valence-corrected chi connectivity index (χ0v) is 9.57. The van der Waals surface area contributed by atoms with Crippen LogP contribution in [0.2, 0.25) is 0 Å². The fourth-order valence-corrected chi connectivity index (χ4v) is 1.70. The van der Waals surface area contributed by atoms with Gasteiger partial charge in [-0.2, -0.15) is 0 Å². The summed E-state index contributed by atoms with van der Waals surface area (Å²) in [4.78, 5) is 24.6. The van der Waals surface area contributed by atoms with E-state index >= 15 is 0 Å². The van der Waals surface area contributed by atoms with E-state index in [2.05, 4.69) is 5.32 Å². The minimum Gasteiger partial charge on any atom is -0.381 e. The number of ether oxygens (including phenoxy) is 1. The number of amides is 2. The van der Waals surface area contributed by atoms with Crippen molar-refractivity contribution in [1.29, 1.82) is 0 Å². The summed E-state index contributed by atoms with van der Waals surface area (Å²) < 4.78 is 5.19. The molecule has 6 heteroatoms. The largest absolute Gasteiger partial charge is 0.381 e. The molecule has 2 amide bonds. The molecule has 0 aromatic heterocycles. The van der Waals surface area contributed by atoms with Gasteiger partial charge in [0.25, 0.3) is 0 Å². The Morgan fingerprint density at radius 3 is 2.56 bits per heavy atom. The van der Waals surface area contributed by atoms with Crippen LogP contribution in [0.25, 0.3) is 0 Å². The van der Waals surface area contributed by atoms with Crippen LogP contribution in [-0.4, -0.2) is 56.1 Å². The van der Waals surface area contributed by atoms with E-state index in [9.17, 15) is 9.59 Å². The highest BCUT2D eigenvalue weighted by Gasteiger charge is 2.26. The Kier molecular flexibility index (Phi) is 5.21. The average Bonchev–Trinajstić information content (AvgIpc) is 2.35. The first kappa shape index (κ1) is 12.9. The van der Waals surface area contributed by atoms with Crippen LogP contribution in [0.3, 0.4) is 0 Å². The van der Waals surface area contributed by atoms with Gasteiger partial charge in [-0.05, 0) is 12.8 Å². The Hall–Kier alpha value is -1.14. The average molecular weight is 229 g/mol. The molecule has 0 aromatic carbocycles. The van der Waals surface area contributed by atoms with E-state index < -0.39 is 11.8 Å². The normalized spacial score (nSPS) is 17.2. The van der Waals surface area contributed by atoms with E-state index in [-0.39, 0.29) is 6.10 Å². The molecule has 1 aliphatic heterocycles. The Morgan fingerprint density at radius 1 is 1.44 bits per heavy atom. The molecule has 1 aliphatic rings. The maximum Gasteiger partial charge on any atom is 0.311 e. The third-order valence-electron chi connectivity index (χ3n) is 2.69. The number of hydrogen-bond acceptors (Lipinski definition) is 4. The standard InChI is InChI=1S/C10H19N3O3/c1-16-8-2-6-13(7-3-8)10(15)9(14)12-5-4-11/h8H,2-7,11H2,1H3,(H,12,14). The second-order valence-electron chi connectivity index (χ2n) is 3.77. The molecule has 6 nitrogen and oxygen atoms in total. The van der Waals surface area contributed by atoms with E-state index in [1.807, 2.05) is 0 Å². The van der Waals surface area contributed by atoms with Gasteiger partial charge in [-0.1, -0.05) is 0 Å². The fraction of sp³-hybridized carbons (Fsp3) is 0.800. The van der Waals surface area contributed by atoms with Crippen molar-refractivity contribution in [3.8, 4) is 0 Å². The van der Waals surface area contributed by atoms with Crippen LogP contribution in [0.1, 0.15) is 12.8 Å². The number of likely N-dealkylation sites (tertiary alicyclic amines) is 1. The summed E-state index contributed by atoms with van der Waals surface area (Å²) in [6.07, 6.45) is 1.77. The van der Waals surface area contributed by atoms with E-state index in [0.29, 0.717) is 26.2 Å². The van der Waals surface area contributed by atoms with Crippen LogP contribution in [-0.2, 0) is 14.3 Å². The summed E-state index contributed by atoms with van der Waals surface area (Å²) in [6.45, 7) is 1.82. The molecule has 1 rings (SSSR count). The number of nitrogens with zero attached hydrogens (tertiary/aromatic N) is 1. The third kappa shape index (κ3) is 3.46. The van der Waals surface area contributed by atoms with Gasteiger partial charge in [0.15, 0.2) is 0 Å². The molecule has 0 saturated carbocycles. The summed E-state index contributed by atoms with van der Waals surface area (Å²) in [5.74, 6) is -1.04. The fourth-order valence-electron chi connectivity index (χ4n) is 1.70. The van der Waals surface area contributed by atoms with Gasteiger partial charge >= 0.3 is 11.8 Å². The van der Waals surface area contributed by atoms with Crippen LogP contribution < -0.4 is 11.1 Å². The molecule has 92 valence electrons. The first-order valence-corrected chi connectivity index (χ1v) is 5.49. The number of nitrogens with one attached hydrogen (secondary N) is 1. The minimum absolute atomic E-state index is 0.205. The lowest BCUT2D eigenvalue weighted by atomic mass is 10.1. The van der Waals surface area contributed by atoms with Crippen molar-refractivity contribution in [2.75, 3.05) is 33.3 Å². The molecule has 0 radical (unpaired) electrons. The number of rotatable bonds is 3. The monoisotopic (exact) mass is 229 g/mol. The maximum atomic E-state index is 11.6. The molecule has 3 N–H and O–H groups in total. The van der Waals surface area contributed by atoms with Crippen molar-refractivity contribution < 1.29 is 14.3 Å². The predicted octanol–water partition coefficient (Wildman–Crippen LogP) is -1.30. The lowest BCUT2D eigenvalue weighted by Gasteiger charge is -2.30. The number of nitrogens with two attached hydrogens (primary N) is 1. The highest BCUT2D eigenvalue weighted by Crippen LogP contribution is 2.12. The third-order valence-corrected chi connectivity index (χ3v) is 2.69. The van der Waals surface area contributed by atoms with Gasteiger partial charge in [0, 0.05) is 33.3 Å². The summed E-state index contributed by atoms with van der Waals surface area (Å²) in [7, 11) is 1.66. The van der Waals surface area contributed by atoms with Crippen molar-refractivity contribution in [3.05, 3.63) is 0 Å². The number of methoxy groups -OCH3 is 1. The minimum atomic E-state index is -0.568. The van der Waals surface area contributed by atoms with E-state index in [1.165, 1.54) is 0 Å². The van der Waals surface area contributed by atoms with Gasteiger partial charge < -0.3 is 20.7 Å². The number of piperidine rings is 1. The molecule has 0 aromatic rings. The first-order valence-electron chi connectivity index (χ1n) is 5.49.